The fourth-order valence-electron chi connectivity index (χ4n) is 1.54. The lowest BCUT2D eigenvalue weighted by atomic mass is 10.1. The molecular formula is C12H9Br2ClS. The van der Waals surface area contributed by atoms with Gasteiger partial charge in [0.2, 0.25) is 0 Å². The Balaban J connectivity index is 2.37. The fourth-order valence-corrected chi connectivity index (χ4v) is 3.93. The van der Waals surface area contributed by atoms with Crippen molar-refractivity contribution in [3.63, 3.8) is 0 Å². The van der Waals surface area contributed by atoms with Crippen LogP contribution in [0.1, 0.15) is 21.4 Å². The zero-order valence-electron chi connectivity index (χ0n) is 8.51. The molecule has 4 heteroatoms. The summed E-state index contributed by atoms with van der Waals surface area (Å²) in [6.45, 7) is 2.07. The molecule has 2 rings (SSSR count). The van der Waals surface area contributed by atoms with E-state index >= 15 is 0 Å². The number of rotatable bonds is 2. The second-order valence-electron chi connectivity index (χ2n) is 3.57. The molecule has 2 aromatic rings. The van der Waals surface area contributed by atoms with Gasteiger partial charge in [-0.1, -0.05) is 22.0 Å². The van der Waals surface area contributed by atoms with Crippen LogP contribution in [0.15, 0.2) is 38.6 Å². The van der Waals surface area contributed by atoms with E-state index in [9.17, 15) is 0 Å². The van der Waals surface area contributed by atoms with E-state index in [0.717, 1.165) is 18.7 Å². The van der Waals surface area contributed by atoms with Gasteiger partial charge in [-0.25, -0.2) is 0 Å². The van der Waals surface area contributed by atoms with Crippen molar-refractivity contribution in [2.45, 2.75) is 12.3 Å². The highest BCUT2D eigenvalue weighted by Gasteiger charge is 2.13. The summed E-state index contributed by atoms with van der Waals surface area (Å²) in [5.41, 5.74) is 2.34. The number of hydrogen-bond acceptors (Lipinski definition) is 1. The molecule has 0 aliphatic carbocycles. The van der Waals surface area contributed by atoms with Crippen LogP contribution in [0.4, 0.5) is 0 Å². The zero-order chi connectivity index (χ0) is 11.7. The Labute approximate surface area is 121 Å². The first-order valence-corrected chi connectivity index (χ1v) is 7.56. The van der Waals surface area contributed by atoms with Crippen LogP contribution in [0, 0.1) is 6.92 Å². The van der Waals surface area contributed by atoms with Gasteiger partial charge in [0.25, 0.3) is 0 Å². The lowest BCUT2D eigenvalue weighted by molar-refractivity contribution is 1.17. The van der Waals surface area contributed by atoms with Crippen molar-refractivity contribution >= 4 is 54.8 Å². The third kappa shape index (κ3) is 2.89. The minimum Gasteiger partial charge on any atom is -0.131 e. The second kappa shape index (κ2) is 5.21. The molecule has 0 fully saturated rings. The largest absolute Gasteiger partial charge is 0.131 e. The Hall–Kier alpha value is 0.170. The Morgan fingerprint density at radius 3 is 2.50 bits per heavy atom. The summed E-state index contributed by atoms with van der Waals surface area (Å²) >= 11 is 15.1. The average molecular weight is 381 g/mol. The van der Waals surface area contributed by atoms with Crippen molar-refractivity contribution < 1.29 is 0 Å². The van der Waals surface area contributed by atoms with Crippen LogP contribution in [0.3, 0.4) is 0 Å². The maximum Gasteiger partial charge on any atom is 0.0928 e. The average Bonchev–Trinajstić information content (AvgIpc) is 2.62. The van der Waals surface area contributed by atoms with E-state index in [1.807, 2.05) is 6.07 Å². The van der Waals surface area contributed by atoms with E-state index in [-0.39, 0.29) is 5.38 Å². The maximum atomic E-state index is 6.46. The van der Waals surface area contributed by atoms with E-state index in [4.69, 9.17) is 11.6 Å². The van der Waals surface area contributed by atoms with Crippen LogP contribution < -0.4 is 0 Å². The topological polar surface area (TPSA) is 0 Å². The molecule has 1 atom stereocenters. The quantitative estimate of drug-likeness (QED) is 0.568. The first-order chi connectivity index (χ1) is 7.56. The highest BCUT2D eigenvalue weighted by atomic mass is 79.9. The molecular weight excluding hydrogens is 371 g/mol. The van der Waals surface area contributed by atoms with Gasteiger partial charge in [-0.05, 0) is 58.2 Å². The standard InChI is InChI=1S/C12H9Br2ClS/c1-7-4-8(6-9(13)5-7)12(15)10-2-3-11(14)16-10/h2-6,12H,1H3. The van der Waals surface area contributed by atoms with Crippen LogP contribution in [0.5, 0.6) is 0 Å². The van der Waals surface area contributed by atoms with Gasteiger partial charge in [0, 0.05) is 9.35 Å². The SMILES string of the molecule is Cc1cc(Br)cc(C(Cl)c2ccc(Br)s2)c1. The molecule has 0 spiro atoms. The number of alkyl halides is 1. The third-order valence-corrected chi connectivity index (χ3v) is 4.96. The first kappa shape index (κ1) is 12.6. The summed E-state index contributed by atoms with van der Waals surface area (Å²) in [5.74, 6) is 0. The van der Waals surface area contributed by atoms with E-state index < -0.39 is 0 Å². The summed E-state index contributed by atoms with van der Waals surface area (Å²) in [5, 5.41) is -0.0764. The van der Waals surface area contributed by atoms with E-state index in [0.29, 0.717) is 0 Å². The summed E-state index contributed by atoms with van der Waals surface area (Å²) in [4.78, 5) is 1.16. The smallest absolute Gasteiger partial charge is 0.0928 e. The van der Waals surface area contributed by atoms with Gasteiger partial charge in [0.1, 0.15) is 0 Å². The van der Waals surface area contributed by atoms with Gasteiger partial charge < -0.3 is 0 Å². The molecule has 1 heterocycles. The van der Waals surface area contributed by atoms with E-state index in [1.54, 1.807) is 11.3 Å². The van der Waals surface area contributed by atoms with Crippen molar-refractivity contribution in [2.75, 3.05) is 0 Å². The zero-order valence-corrected chi connectivity index (χ0v) is 13.3. The summed E-state index contributed by atoms with van der Waals surface area (Å²) in [7, 11) is 0. The molecule has 1 aromatic heterocycles. The van der Waals surface area contributed by atoms with Crippen LogP contribution in [0.25, 0.3) is 0 Å². The Morgan fingerprint density at radius 1 is 1.19 bits per heavy atom. The highest BCUT2D eigenvalue weighted by molar-refractivity contribution is 9.11. The fraction of sp³-hybridized carbons (Fsp3) is 0.167. The van der Waals surface area contributed by atoms with Gasteiger partial charge in [0.05, 0.1) is 9.16 Å². The first-order valence-electron chi connectivity index (χ1n) is 4.72. The van der Waals surface area contributed by atoms with Gasteiger partial charge in [-0.2, -0.15) is 0 Å². The van der Waals surface area contributed by atoms with Crippen LogP contribution >= 0.6 is 54.8 Å². The Kier molecular flexibility index (Phi) is 4.11. The number of aryl methyl sites for hydroxylation is 1. The second-order valence-corrected chi connectivity index (χ2v) is 7.41. The normalized spacial score (nSPS) is 12.8. The number of thiophene rings is 1. The molecule has 1 aromatic carbocycles. The molecule has 0 saturated heterocycles. The maximum absolute atomic E-state index is 6.46. The van der Waals surface area contributed by atoms with Crippen LogP contribution in [-0.2, 0) is 0 Å². The predicted octanol–water partition coefficient (Wildman–Crippen LogP) is 5.91. The number of hydrogen-bond donors (Lipinski definition) is 0. The summed E-state index contributed by atoms with van der Waals surface area (Å²) in [6.07, 6.45) is 0. The van der Waals surface area contributed by atoms with Gasteiger partial charge in [-0.15, -0.1) is 22.9 Å². The predicted molar refractivity (Wildman–Crippen MR) is 78.6 cm³/mol. The Bertz CT molecular complexity index is 487. The molecule has 84 valence electrons. The molecule has 16 heavy (non-hydrogen) atoms. The molecule has 0 aliphatic rings. The molecule has 0 nitrogen and oxygen atoms in total. The van der Waals surface area contributed by atoms with Crippen molar-refractivity contribution in [3.8, 4) is 0 Å². The van der Waals surface area contributed by atoms with E-state index in [1.165, 1.54) is 5.56 Å². The lowest BCUT2D eigenvalue weighted by Gasteiger charge is -2.09. The van der Waals surface area contributed by atoms with Crippen molar-refractivity contribution in [2.24, 2.45) is 0 Å². The minimum absolute atomic E-state index is 0.0764. The number of halogens is 3. The molecule has 0 aliphatic heterocycles. The van der Waals surface area contributed by atoms with Crippen LogP contribution in [0.2, 0.25) is 0 Å². The van der Waals surface area contributed by atoms with Gasteiger partial charge >= 0.3 is 0 Å². The molecule has 1 unspecified atom stereocenters. The Morgan fingerprint density at radius 2 is 1.94 bits per heavy atom. The molecule has 0 N–H and O–H groups in total. The molecule has 0 amide bonds. The van der Waals surface area contributed by atoms with Crippen molar-refractivity contribution in [3.05, 3.63) is 54.6 Å². The molecule has 0 radical (unpaired) electrons. The van der Waals surface area contributed by atoms with Crippen molar-refractivity contribution in [1.29, 1.82) is 0 Å². The third-order valence-electron chi connectivity index (χ3n) is 2.20. The monoisotopic (exact) mass is 378 g/mol. The van der Waals surface area contributed by atoms with Gasteiger partial charge in [0.15, 0.2) is 0 Å². The molecule has 0 saturated carbocycles. The van der Waals surface area contributed by atoms with E-state index in [2.05, 4.69) is 63.0 Å². The highest BCUT2D eigenvalue weighted by Crippen LogP contribution is 2.36. The molecule has 0 bridgehead atoms. The van der Waals surface area contributed by atoms with Crippen molar-refractivity contribution in [1.82, 2.24) is 0 Å². The summed E-state index contributed by atoms with van der Waals surface area (Å²) in [6, 6.07) is 10.4. The lowest BCUT2D eigenvalue weighted by Crippen LogP contribution is -1.91. The summed E-state index contributed by atoms with van der Waals surface area (Å²) < 4.78 is 2.18. The van der Waals surface area contributed by atoms with Crippen LogP contribution in [-0.4, -0.2) is 0 Å². The number of benzene rings is 1. The van der Waals surface area contributed by atoms with Gasteiger partial charge in [-0.3, -0.25) is 0 Å². The minimum atomic E-state index is -0.0764.